The van der Waals surface area contributed by atoms with Gasteiger partial charge in [-0.25, -0.2) is 0 Å². The predicted molar refractivity (Wildman–Crippen MR) is 99.7 cm³/mol. The summed E-state index contributed by atoms with van der Waals surface area (Å²) in [5.74, 6) is -0.560. The smallest absolute Gasteiger partial charge is 0.257 e. The second kappa shape index (κ2) is 7.91. The Labute approximate surface area is 152 Å². The van der Waals surface area contributed by atoms with E-state index in [-0.39, 0.29) is 11.7 Å². The summed E-state index contributed by atoms with van der Waals surface area (Å²) in [6.07, 6.45) is 0. The van der Waals surface area contributed by atoms with Gasteiger partial charge in [-0.2, -0.15) is 0 Å². The molecule has 0 aliphatic carbocycles. The zero-order chi connectivity index (χ0) is 17.6. The quantitative estimate of drug-likeness (QED) is 0.513. The van der Waals surface area contributed by atoms with Crippen LogP contribution in [0.15, 0.2) is 58.9 Å². The zero-order valence-corrected chi connectivity index (χ0v) is 14.6. The van der Waals surface area contributed by atoms with Gasteiger partial charge < -0.3 is 5.73 Å². The molecule has 2 amide bonds. The normalized spacial score (nSPS) is 10.4. The minimum atomic E-state index is -0.427. The van der Waals surface area contributed by atoms with Crippen LogP contribution in [0.25, 0.3) is 11.1 Å². The van der Waals surface area contributed by atoms with Crippen LogP contribution in [0.3, 0.4) is 0 Å². The number of hydrogen-bond acceptors (Lipinski definition) is 6. The summed E-state index contributed by atoms with van der Waals surface area (Å²) in [7, 11) is 0. The fraction of sp³-hybridized carbons (Fsp3) is 0.0588. The molecule has 0 aliphatic rings. The highest BCUT2D eigenvalue weighted by molar-refractivity contribution is 8.01. The lowest BCUT2D eigenvalue weighted by Gasteiger charge is -2.04. The second-order valence-electron chi connectivity index (χ2n) is 5.03. The van der Waals surface area contributed by atoms with Crippen molar-refractivity contribution in [3.63, 3.8) is 0 Å². The molecule has 0 spiro atoms. The Morgan fingerprint density at radius 1 is 1.00 bits per heavy atom. The highest BCUT2D eigenvalue weighted by Crippen LogP contribution is 2.25. The van der Waals surface area contributed by atoms with Gasteiger partial charge in [0.2, 0.25) is 11.0 Å². The number of rotatable bonds is 6. The molecule has 0 fully saturated rings. The summed E-state index contributed by atoms with van der Waals surface area (Å²) in [4.78, 5) is 23.0. The summed E-state index contributed by atoms with van der Waals surface area (Å²) < 4.78 is 0.577. The fourth-order valence-corrected chi connectivity index (χ4v) is 3.55. The van der Waals surface area contributed by atoms with E-state index in [0.29, 0.717) is 15.0 Å². The van der Waals surface area contributed by atoms with E-state index in [1.165, 1.54) is 23.1 Å². The van der Waals surface area contributed by atoms with Crippen LogP contribution in [0.5, 0.6) is 0 Å². The van der Waals surface area contributed by atoms with Crippen molar-refractivity contribution in [2.75, 3.05) is 11.1 Å². The number of benzene rings is 2. The molecule has 126 valence electrons. The van der Waals surface area contributed by atoms with Crippen LogP contribution in [-0.2, 0) is 4.79 Å². The lowest BCUT2D eigenvalue weighted by Crippen LogP contribution is -2.12. The van der Waals surface area contributed by atoms with Crippen molar-refractivity contribution in [1.82, 2.24) is 10.2 Å². The van der Waals surface area contributed by atoms with E-state index in [1.807, 2.05) is 42.5 Å². The van der Waals surface area contributed by atoms with Gasteiger partial charge in [-0.05, 0) is 23.3 Å². The van der Waals surface area contributed by atoms with Gasteiger partial charge in [-0.15, -0.1) is 10.2 Å². The van der Waals surface area contributed by atoms with Crippen LogP contribution >= 0.6 is 23.1 Å². The Bertz CT molecular complexity index is 879. The maximum atomic E-state index is 12.3. The van der Waals surface area contributed by atoms with Crippen LogP contribution in [0.2, 0.25) is 0 Å². The molecule has 3 aromatic rings. The summed E-state index contributed by atoms with van der Waals surface area (Å²) >= 11 is 2.39. The molecule has 3 N–H and O–H groups in total. The third-order valence-electron chi connectivity index (χ3n) is 3.22. The van der Waals surface area contributed by atoms with E-state index < -0.39 is 5.91 Å². The highest BCUT2D eigenvalue weighted by Gasteiger charge is 2.11. The number of hydrogen-bond donors (Lipinski definition) is 2. The number of carbonyl (C=O) groups excluding carboxylic acids is 2. The largest absolute Gasteiger partial charge is 0.369 e. The number of nitrogens with two attached hydrogens (primary N) is 1. The van der Waals surface area contributed by atoms with Gasteiger partial charge >= 0.3 is 0 Å². The van der Waals surface area contributed by atoms with Gasteiger partial charge in [-0.3, -0.25) is 14.9 Å². The molecule has 0 saturated heterocycles. The molecule has 8 heteroatoms. The first kappa shape index (κ1) is 17.1. The van der Waals surface area contributed by atoms with Crippen molar-refractivity contribution in [2.45, 2.75) is 4.34 Å². The fourth-order valence-electron chi connectivity index (χ4n) is 2.07. The lowest BCUT2D eigenvalue weighted by atomic mass is 10.0. The molecule has 0 aliphatic heterocycles. The maximum absolute atomic E-state index is 12.3. The molecule has 0 atom stereocenters. The topological polar surface area (TPSA) is 98.0 Å². The minimum Gasteiger partial charge on any atom is -0.369 e. The van der Waals surface area contributed by atoms with E-state index >= 15 is 0 Å². The summed E-state index contributed by atoms with van der Waals surface area (Å²) in [6.45, 7) is 0. The maximum Gasteiger partial charge on any atom is 0.257 e. The van der Waals surface area contributed by atoms with Gasteiger partial charge in [0.15, 0.2) is 4.34 Å². The SMILES string of the molecule is NC(=O)CSc1nnc(NC(=O)c2ccc(-c3ccccc3)cc2)s1. The molecule has 6 nitrogen and oxygen atoms in total. The second-order valence-corrected chi connectivity index (χ2v) is 7.23. The van der Waals surface area contributed by atoms with Crippen molar-refractivity contribution >= 4 is 40.0 Å². The van der Waals surface area contributed by atoms with Gasteiger partial charge in [0.05, 0.1) is 5.75 Å². The number of nitrogens with zero attached hydrogens (tertiary/aromatic N) is 2. The molecular weight excluding hydrogens is 356 g/mol. The van der Waals surface area contributed by atoms with Gasteiger partial charge in [-0.1, -0.05) is 65.6 Å². The molecule has 25 heavy (non-hydrogen) atoms. The highest BCUT2D eigenvalue weighted by atomic mass is 32.2. The van der Waals surface area contributed by atoms with Crippen LogP contribution in [0, 0.1) is 0 Å². The number of thioether (sulfide) groups is 1. The first-order valence-corrected chi connectivity index (χ1v) is 9.13. The Hall–Kier alpha value is -2.71. The van der Waals surface area contributed by atoms with Crippen LogP contribution in [0.1, 0.15) is 10.4 Å². The number of aromatic nitrogens is 2. The lowest BCUT2D eigenvalue weighted by molar-refractivity contribution is -0.115. The first-order chi connectivity index (χ1) is 12.1. The Balaban J connectivity index is 1.64. The van der Waals surface area contributed by atoms with Crippen molar-refractivity contribution in [3.05, 3.63) is 60.2 Å². The Morgan fingerprint density at radius 3 is 2.36 bits per heavy atom. The number of primary amides is 1. The molecule has 0 radical (unpaired) electrons. The van der Waals surface area contributed by atoms with Gasteiger partial charge in [0.25, 0.3) is 5.91 Å². The van der Waals surface area contributed by atoms with Crippen molar-refractivity contribution < 1.29 is 9.59 Å². The molecular formula is C17H14N4O2S2. The van der Waals surface area contributed by atoms with E-state index in [2.05, 4.69) is 15.5 Å². The average Bonchev–Trinajstić information content (AvgIpc) is 3.08. The summed E-state index contributed by atoms with van der Waals surface area (Å²) in [5.41, 5.74) is 7.75. The van der Waals surface area contributed by atoms with Crippen molar-refractivity contribution in [2.24, 2.45) is 5.73 Å². The third-order valence-corrected chi connectivity index (χ3v) is 5.21. The summed E-state index contributed by atoms with van der Waals surface area (Å²) in [6, 6.07) is 17.3. The Kier molecular flexibility index (Phi) is 5.42. The van der Waals surface area contributed by atoms with Crippen molar-refractivity contribution in [3.8, 4) is 11.1 Å². The van der Waals surface area contributed by atoms with Crippen LogP contribution in [0.4, 0.5) is 5.13 Å². The minimum absolute atomic E-state index is 0.128. The van der Waals surface area contributed by atoms with Gasteiger partial charge in [0.1, 0.15) is 0 Å². The molecule has 3 rings (SSSR count). The van der Waals surface area contributed by atoms with Crippen LogP contribution in [-0.4, -0.2) is 27.8 Å². The van der Waals surface area contributed by atoms with Gasteiger partial charge in [0, 0.05) is 5.56 Å². The van der Waals surface area contributed by atoms with E-state index in [1.54, 1.807) is 12.1 Å². The standard InChI is InChI=1S/C17H14N4O2S2/c18-14(22)10-24-17-21-20-16(25-17)19-15(23)13-8-6-12(7-9-13)11-4-2-1-3-5-11/h1-9H,10H2,(H2,18,22)(H,19,20,23). The van der Waals surface area contributed by atoms with Crippen LogP contribution < -0.4 is 11.1 Å². The number of amides is 2. The predicted octanol–water partition coefficient (Wildman–Crippen LogP) is 3.03. The Morgan fingerprint density at radius 2 is 1.68 bits per heavy atom. The molecule has 0 bridgehead atoms. The van der Waals surface area contributed by atoms with E-state index in [9.17, 15) is 9.59 Å². The molecule has 0 saturated carbocycles. The average molecular weight is 370 g/mol. The van der Waals surface area contributed by atoms with E-state index in [0.717, 1.165) is 11.1 Å². The number of nitrogens with one attached hydrogen (secondary N) is 1. The monoisotopic (exact) mass is 370 g/mol. The summed E-state index contributed by atoms with van der Waals surface area (Å²) in [5, 5.41) is 10.9. The molecule has 2 aromatic carbocycles. The third kappa shape index (κ3) is 4.65. The molecule has 1 heterocycles. The van der Waals surface area contributed by atoms with E-state index in [4.69, 9.17) is 5.73 Å². The molecule has 1 aromatic heterocycles. The van der Waals surface area contributed by atoms with Crippen molar-refractivity contribution in [1.29, 1.82) is 0 Å². The number of carbonyl (C=O) groups is 2. The first-order valence-electron chi connectivity index (χ1n) is 7.33. The zero-order valence-electron chi connectivity index (χ0n) is 13.0. The number of anilines is 1. The molecule has 0 unspecified atom stereocenters.